The van der Waals surface area contributed by atoms with E-state index in [0.29, 0.717) is 12.3 Å². The van der Waals surface area contributed by atoms with Crippen LogP contribution in [-0.4, -0.2) is 25.9 Å². The summed E-state index contributed by atoms with van der Waals surface area (Å²) in [5.41, 5.74) is 0.532. The van der Waals surface area contributed by atoms with Gasteiger partial charge in [-0.1, -0.05) is 0 Å². The van der Waals surface area contributed by atoms with Crippen LogP contribution in [0.3, 0.4) is 0 Å². The SMILES string of the molecule is Fc1cc(NC2CCCOC2)ccc1OC(F)F. The average molecular weight is 261 g/mol. The van der Waals surface area contributed by atoms with E-state index >= 15 is 0 Å². The number of alkyl halides is 2. The lowest BCUT2D eigenvalue weighted by molar-refractivity contribution is -0.0521. The largest absolute Gasteiger partial charge is 0.432 e. The van der Waals surface area contributed by atoms with Crippen LogP contribution in [-0.2, 0) is 4.74 Å². The molecule has 1 aromatic carbocycles. The zero-order valence-electron chi connectivity index (χ0n) is 9.67. The van der Waals surface area contributed by atoms with Gasteiger partial charge in [-0.15, -0.1) is 0 Å². The van der Waals surface area contributed by atoms with E-state index in [1.807, 2.05) is 0 Å². The van der Waals surface area contributed by atoms with Crippen molar-refractivity contribution in [1.29, 1.82) is 0 Å². The lowest BCUT2D eigenvalue weighted by atomic mass is 10.1. The van der Waals surface area contributed by atoms with Crippen molar-refractivity contribution in [1.82, 2.24) is 0 Å². The van der Waals surface area contributed by atoms with Crippen LogP contribution < -0.4 is 10.1 Å². The molecule has 18 heavy (non-hydrogen) atoms. The van der Waals surface area contributed by atoms with Gasteiger partial charge in [0.15, 0.2) is 11.6 Å². The fraction of sp³-hybridized carbons (Fsp3) is 0.500. The number of halogens is 3. The van der Waals surface area contributed by atoms with Crippen molar-refractivity contribution in [3.05, 3.63) is 24.0 Å². The fourth-order valence-electron chi connectivity index (χ4n) is 1.87. The Bertz CT molecular complexity index is 395. The van der Waals surface area contributed by atoms with E-state index in [4.69, 9.17) is 4.74 Å². The first-order valence-electron chi connectivity index (χ1n) is 5.74. The highest BCUT2D eigenvalue weighted by Gasteiger charge is 2.15. The van der Waals surface area contributed by atoms with Crippen LogP contribution in [0.1, 0.15) is 12.8 Å². The first-order chi connectivity index (χ1) is 8.65. The van der Waals surface area contributed by atoms with Crippen LogP contribution in [0.5, 0.6) is 5.75 Å². The van der Waals surface area contributed by atoms with Gasteiger partial charge in [0, 0.05) is 24.4 Å². The third-order valence-corrected chi connectivity index (χ3v) is 2.68. The molecule has 1 N–H and O–H groups in total. The third kappa shape index (κ3) is 3.53. The molecule has 0 spiro atoms. The monoisotopic (exact) mass is 261 g/mol. The van der Waals surface area contributed by atoms with E-state index in [1.54, 1.807) is 0 Å². The molecular formula is C12H14F3NO2. The smallest absolute Gasteiger partial charge is 0.387 e. The number of ether oxygens (including phenoxy) is 2. The van der Waals surface area contributed by atoms with Crippen molar-refractivity contribution in [2.24, 2.45) is 0 Å². The van der Waals surface area contributed by atoms with E-state index in [-0.39, 0.29) is 6.04 Å². The zero-order chi connectivity index (χ0) is 13.0. The minimum atomic E-state index is -3.02. The molecule has 1 unspecified atom stereocenters. The molecule has 0 saturated carbocycles. The second kappa shape index (κ2) is 5.95. The van der Waals surface area contributed by atoms with Gasteiger partial charge in [0.05, 0.1) is 6.61 Å². The minimum absolute atomic E-state index is 0.125. The van der Waals surface area contributed by atoms with E-state index in [9.17, 15) is 13.2 Å². The molecule has 1 aliphatic rings. The number of nitrogens with one attached hydrogen (secondary N) is 1. The average Bonchev–Trinajstić information content (AvgIpc) is 2.33. The van der Waals surface area contributed by atoms with Gasteiger partial charge in [-0.05, 0) is 25.0 Å². The minimum Gasteiger partial charge on any atom is -0.432 e. The van der Waals surface area contributed by atoms with Crippen molar-refractivity contribution in [3.8, 4) is 5.75 Å². The van der Waals surface area contributed by atoms with Crippen molar-refractivity contribution in [3.63, 3.8) is 0 Å². The molecule has 3 nitrogen and oxygen atoms in total. The number of anilines is 1. The maximum Gasteiger partial charge on any atom is 0.387 e. The highest BCUT2D eigenvalue weighted by Crippen LogP contribution is 2.24. The molecule has 1 atom stereocenters. The molecule has 1 saturated heterocycles. The molecule has 1 aliphatic heterocycles. The summed E-state index contributed by atoms with van der Waals surface area (Å²) in [7, 11) is 0. The predicted octanol–water partition coefficient (Wildman–Crippen LogP) is 3.02. The predicted molar refractivity (Wildman–Crippen MR) is 60.5 cm³/mol. The molecule has 100 valence electrons. The number of hydrogen-bond acceptors (Lipinski definition) is 3. The van der Waals surface area contributed by atoms with Crippen molar-refractivity contribution in [2.45, 2.75) is 25.5 Å². The molecule has 2 rings (SSSR count). The number of hydrogen-bond donors (Lipinski definition) is 1. The fourth-order valence-corrected chi connectivity index (χ4v) is 1.87. The molecule has 0 bridgehead atoms. The van der Waals surface area contributed by atoms with E-state index in [1.165, 1.54) is 12.1 Å². The molecule has 0 aliphatic carbocycles. The Kier molecular flexibility index (Phi) is 4.30. The van der Waals surface area contributed by atoms with Crippen molar-refractivity contribution < 1.29 is 22.6 Å². The summed E-state index contributed by atoms with van der Waals surface area (Å²) in [6, 6.07) is 3.97. The number of benzene rings is 1. The van der Waals surface area contributed by atoms with Gasteiger partial charge in [0.1, 0.15) is 0 Å². The van der Waals surface area contributed by atoms with Crippen molar-refractivity contribution >= 4 is 5.69 Å². The standard InChI is InChI=1S/C12H14F3NO2/c13-10-6-8(3-4-11(10)18-12(14)15)16-9-2-1-5-17-7-9/h3-4,6,9,12,16H,1-2,5,7H2. The van der Waals surface area contributed by atoms with Crippen LogP contribution in [0, 0.1) is 5.82 Å². The molecule has 0 aromatic heterocycles. The summed E-state index contributed by atoms with van der Waals surface area (Å²) < 4.78 is 46.7. The topological polar surface area (TPSA) is 30.5 Å². The Morgan fingerprint density at radius 2 is 2.22 bits per heavy atom. The second-order valence-electron chi connectivity index (χ2n) is 4.08. The summed E-state index contributed by atoms with van der Waals surface area (Å²) in [5, 5.41) is 3.09. The first kappa shape index (κ1) is 13.0. The summed E-state index contributed by atoms with van der Waals surface area (Å²) in [4.78, 5) is 0. The molecule has 1 fully saturated rings. The van der Waals surface area contributed by atoms with Crippen LogP contribution >= 0.6 is 0 Å². The quantitative estimate of drug-likeness (QED) is 0.903. The van der Waals surface area contributed by atoms with Crippen LogP contribution in [0.4, 0.5) is 18.9 Å². The summed E-state index contributed by atoms with van der Waals surface area (Å²) in [5.74, 6) is -1.26. The highest BCUT2D eigenvalue weighted by atomic mass is 19.3. The van der Waals surface area contributed by atoms with Crippen LogP contribution in [0.25, 0.3) is 0 Å². The maximum atomic E-state index is 13.4. The Morgan fingerprint density at radius 3 is 2.83 bits per heavy atom. The van der Waals surface area contributed by atoms with Crippen LogP contribution in [0.15, 0.2) is 18.2 Å². The molecule has 6 heteroatoms. The van der Waals surface area contributed by atoms with Gasteiger partial charge >= 0.3 is 6.61 Å². The Morgan fingerprint density at radius 1 is 1.39 bits per heavy atom. The van der Waals surface area contributed by atoms with Crippen LogP contribution in [0.2, 0.25) is 0 Å². The van der Waals surface area contributed by atoms with Gasteiger partial charge in [0.2, 0.25) is 0 Å². The molecule has 1 aromatic rings. The van der Waals surface area contributed by atoms with Gasteiger partial charge < -0.3 is 14.8 Å². The first-order valence-corrected chi connectivity index (χ1v) is 5.74. The van der Waals surface area contributed by atoms with E-state index in [0.717, 1.165) is 25.5 Å². The number of rotatable bonds is 4. The Balaban J connectivity index is 1.99. The Hall–Kier alpha value is -1.43. The molecule has 0 radical (unpaired) electrons. The van der Waals surface area contributed by atoms with E-state index in [2.05, 4.69) is 10.1 Å². The zero-order valence-corrected chi connectivity index (χ0v) is 9.67. The van der Waals surface area contributed by atoms with Crippen molar-refractivity contribution in [2.75, 3.05) is 18.5 Å². The van der Waals surface area contributed by atoms with E-state index < -0.39 is 18.2 Å². The lowest BCUT2D eigenvalue weighted by Crippen LogP contribution is -2.29. The highest BCUT2D eigenvalue weighted by molar-refractivity contribution is 5.48. The third-order valence-electron chi connectivity index (χ3n) is 2.68. The lowest BCUT2D eigenvalue weighted by Gasteiger charge is -2.24. The van der Waals surface area contributed by atoms with Gasteiger partial charge in [-0.3, -0.25) is 0 Å². The second-order valence-corrected chi connectivity index (χ2v) is 4.08. The maximum absolute atomic E-state index is 13.4. The summed E-state index contributed by atoms with van der Waals surface area (Å²) in [6.07, 6.45) is 1.89. The van der Waals surface area contributed by atoms with Gasteiger partial charge in [-0.25, -0.2) is 4.39 Å². The summed E-state index contributed by atoms with van der Waals surface area (Å²) in [6.45, 7) is -1.71. The van der Waals surface area contributed by atoms with Gasteiger partial charge in [-0.2, -0.15) is 8.78 Å². The summed E-state index contributed by atoms with van der Waals surface area (Å²) >= 11 is 0. The Labute approximate surface area is 103 Å². The normalized spacial score (nSPS) is 19.9. The van der Waals surface area contributed by atoms with Gasteiger partial charge in [0.25, 0.3) is 0 Å². The molecule has 1 heterocycles. The molecular weight excluding hydrogens is 247 g/mol. The molecule has 0 amide bonds.